The normalized spacial score (nSPS) is 26.4. The molecular weight excluding hydrogens is 262 g/mol. The zero-order valence-corrected chi connectivity index (χ0v) is 14.1. The molecule has 0 aromatic rings. The van der Waals surface area contributed by atoms with Gasteiger partial charge in [-0.15, -0.1) is 0 Å². The van der Waals surface area contributed by atoms with Crippen LogP contribution in [-0.4, -0.2) is 24.5 Å². The van der Waals surface area contributed by atoms with Gasteiger partial charge >= 0.3 is 0 Å². The fourth-order valence-corrected chi connectivity index (χ4v) is 3.95. The summed E-state index contributed by atoms with van der Waals surface area (Å²) in [4.78, 5) is 12.6. The molecule has 1 saturated carbocycles. The number of rotatable bonds is 6. The minimum atomic E-state index is 0.0826. The summed E-state index contributed by atoms with van der Waals surface area (Å²) in [6, 6.07) is 0. The molecule has 2 unspecified atom stereocenters. The van der Waals surface area contributed by atoms with E-state index in [1.165, 1.54) is 6.42 Å². The van der Waals surface area contributed by atoms with E-state index in [2.05, 4.69) is 20.8 Å². The number of carbonyl (C=O) groups excluding carboxylic acids is 1. The first-order chi connectivity index (χ1) is 9.86. The van der Waals surface area contributed by atoms with Crippen molar-refractivity contribution in [2.75, 3.05) is 13.2 Å². The molecular formula is C18H33NO2. The molecule has 2 N–H and O–H groups in total. The van der Waals surface area contributed by atoms with E-state index < -0.39 is 0 Å². The minimum Gasteiger partial charge on any atom is -0.375 e. The van der Waals surface area contributed by atoms with Gasteiger partial charge in [0.1, 0.15) is 5.78 Å². The molecule has 0 aromatic carbocycles. The van der Waals surface area contributed by atoms with E-state index in [-0.39, 0.29) is 16.9 Å². The van der Waals surface area contributed by atoms with Gasteiger partial charge in [0.25, 0.3) is 0 Å². The molecule has 2 fully saturated rings. The van der Waals surface area contributed by atoms with Crippen molar-refractivity contribution in [2.24, 2.45) is 23.0 Å². The molecule has 122 valence electrons. The lowest BCUT2D eigenvalue weighted by Crippen LogP contribution is -2.47. The first-order valence-corrected chi connectivity index (χ1v) is 8.73. The molecule has 0 bridgehead atoms. The van der Waals surface area contributed by atoms with Crippen LogP contribution in [-0.2, 0) is 9.53 Å². The first-order valence-electron chi connectivity index (χ1n) is 8.73. The lowest BCUT2D eigenvalue weighted by atomic mass is 9.70. The molecule has 3 nitrogen and oxygen atoms in total. The van der Waals surface area contributed by atoms with Gasteiger partial charge in [0.2, 0.25) is 0 Å². The Balaban J connectivity index is 1.83. The van der Waals surface area contributed by atoms with Crippen LogP contribution in [0.2, 0.25) is 0 Å². The zero-order chi connectivity index (χ0) is 15.5. The molecule has 2 rings (SSSR count). The molecule has 2 aliphatic rings. The molecule has 1 aliphatic carbocycles. The van der Waals surface area contributed by atoms with Crippen LogP contribution in [0.4, 0.5) is 0 Å². The van der Waals surface area contributed by atoms with Crippen molar-refractivity contribution in [1.29, 1.82) is 0 Å². The molecule has 3 heteroatoms. The predicted molar refractivity (Wildman–Crippen MR) is 86.1 cm³/mol. The molecule has 0 amide bonds. The Kier molecular flexibility index (Phi) is 5.48. The van der Waals surface area contributed by atoms with E-state index in [4.69, 9.17) is 10.5 Å². The predicted octanol–water partition coefficient (Wildman–Crippen LogP) is 3.70. The highest BCUT2D eigenvalue weighted by atomic mass is 16.5. The number of hydrogen-bond acceptors (Lipinski definition) is 3. The Morgan fingerprint density at radius 1 is 1.33 bits per heavy atom. The number of hydrogen-bond donors (Lipinski definition) is 1. The van der Waals surface area contributed by atoms with E-state index in [1.54, 1.807) is 0 Å². The van der Waals surface area contributed by atoms with Gasteiger partial charge in [-0.3, -0.25) is 4.79 Å². The van der Waals surface area contributed by atoms with Crippen LogP contribution < -0.4 is 5.73 Å². The minimum absolute atomic E-state index is 0.0826. The van der Waals surface area contributed by atoms with Gasteiger partial charge in [-0.1, -0.05) is 20.8 Å². The van der Waals surface area contributed by atoms with Crippen molar-refractivity contribution in [3.8, 4) is 0 Å². The number of ether oxygens (including phenoxy) is 1. The van der Waals surface area contributed by atoms with Crippen molar-refractivity contribution in [1.82, 2.24) is 0 Å². The van der Waals surface area contributed by atoms with E-state index in [0.717, 1.165) is 58.1 Å². The maximum atomic E-state index is 12.6. The molecule has 1 saturated heterocycles. The topological polar surface area (TPSA) is 52.3 Å². The van der Waals surface area contributed by atoms with Crippen LogP contribution >= 0.6 is 0 Å². The Labute approximate surface area is 130 Å². The Hall–Kier alpha value is -0.410. The van der Waals surface area contributed by atoms with Crippen LogP contribution in [0.3, 0.4) is 0 Å². The van der Waals surface area contributed by atoms with Gasteiger partial charge in [-0.2, -0.15) is 0 Å². The summed E-state index contributed by atoms with van der Waals surface area (Å²) in [5, 5.41) is 0. The van der Waals surface area contributed by atoms with Gasteiger partial charge in [-0.25, -0.2) is 0 Å². The van der Waals surface area contributed by atoms with Gasteiger partial charge in [0.05, 0.1) is 5.60 Å². The summed E-state index contributed by atoms with van der Waals surface area (Å²) in [7, 11) is 0. The number of nitrogens with two attached hydrogens (primary N) is 1. The van der Waals surface area contributed by atoms with Crippen molar-refractivity contribution >= 4 is 5.78 Å². The Morgan fingerprint density at radius 2 is 2.05 bits per heavy atom. The molecule has 1 spiro atoms. The lowest BCUT2D eigenvalue weighted by Gasteiger charge is -2.47. The average molecular weight is 295 g/mol. The maximum Gasteiger partial charge on any atom is 0.136 e. The van der Waals surface area contributed by atoms with Crippen LogP contribution in [0.15, 0.2) is 0 Å². The van der Waals surface area contributed by atoms with Crippen LogP contribution in [0.25, 0.3) is 0 Å². The van der Waals surface area contributed by atoms with E-state index >= 15 is 0 Å². The third-order valence-corrected chi connectivity index (χ3v) is 5.69. The summed E-state index contributed by atoms with van der Waals surface area (Å²) in [5.41, 5.74) is 6.06. The number of Topliss-reactive ketones (excluding diaryl/α,β-unsaturated/α-hetero) is 1. The fraction of sp³-hybridized carbons (Fsp3) is 0.944. The summed E-state index contributed by atoms with van der Waals surface area (Å²) in [6.45, 7) is 8.28. The number of carbonyl (C=O) groups is 1. The average Bonchev–Trinajstić information content (AvgIpc) is 2.40. The zero-order valence-electron chi connectivity index (χ0n) is 14.1. The molecule has 2 atom stereocenters. The van der Waals surface area contributed by atoms with Crippen molar-refractivity contribution in [3.63, 3.8) is 0 Å². The molecule has 1 heterocycles. The van der Waals surface area contributed by atoms with Crippen LogP contribution in [0, 0.1) is 17.3 Å². The number of ketones is 1. The highest BCUT2D eigenvalue weighted by Crippen LogP contribution is 2.45. The van der Waals surface area contributed by atoms with Crippen LogP contribution in [0.5, 0.6) is 0 Å². The Morgan fingerprint density at radius 3 is 2.57 bits per heavy atom. The van der Waals surface area contributed by atoms with Crippen molar-refractivity contribution < 1.29 is 9.53 Å². The van der Waals surface area contributed by atoms with Crippen molar-refractivity contribution in [3.05, 3.63) is 0 Å². The highest BCUT2D eigenvalue weighted by Gasteiger charge is 2.44. The first kappa shape index (κ1) is 17.0. The highest BCUT2D eigenvalue weighted by molar-refractivity contribution is 5.81. The Bertz CT molecular complexity index is 355. The van der Waals surface area contributed by atoms with Gasteiger partial charge < -0.3 is 10.5 Å². The third kappa shape index (κ3) is 4.29. The second kappa shape index (κ2) is 6.78. The second-order valence-electron chi connectivity index (χ2n) is 8.22. The second-order valence-corrected chi connectivity index (χ2v) is 8.22. The largest absolute Gasteiger partial charge is 0.375 e. The molecule has 1 aliphatic heterocycles. The summed E-state index contributed by atoms with van der Waals surface area (Å²) >= 11 is 0. The van der Waals surface area contributed by atoms with Gasteiger partial charge in [-0.05, 0) is 62.8 Å². The quantitative estimate of drug-likeness (QED) is 0.813. The smallest absolute Gasteiger partial charge is 0.136 e. The maximum absolute atomic E-state index is 12.6. The fourth-order valence-electron chi connectivity index (χ4n) is 3.95. The van der Waals surface area contributed by atoms with Gasteiger partial charge in [0.15, 0.2) is 0 Å². The lowest BCUT2D eigenvalue weighted by molar-refractivity contribution is -0.155. The van der Waals surface area contributed by atoms with E-state index in [9.17, 15) is 4.79 Å². The standard InChI is InChI=1S/C18H33NO2/c1-17(2,3)15(7-11-19)5-6-16(20)14-8-12-21-18(13-14)9-4-10-18/h14-15H,4-13,19H2,1-3H3. The molecule has 0 radical (unpaired) electrons. The monoisotopic (exact) mass is 295 g/mol. The molecule has 21 heavy (non-hydrogen) atoms. The van der Waals surface area contributed by atoms with E-state index in [0.29, 0.717) is 11.7 Å². The summed E-state index contributed by atoms with van der Waals surface area (Å²) in [5.74, 6) is 1.26. The third-order valence-electron chi connectivity index (χ3n) is 5.69. The van der Waals surface area contributed by atoms with Crippen molar-refractivity contribution in [2.45, 2.75) is 77.7 Å². The van der Waals surface area contributed by atoms with Crippen LogP contribution in [0.1, 0.15) is 72.1 Å². The van der Waals surface area contributed by atoms with E-state index in [1.807, 2.05) is 0 Å². The van der Waals surface area contributed by atoms with Gasteiger partial charge in [0, 0.05) is 18.9 Å². The summed E-state index contributed by atoms with van der Waals surface area (Å²) in [6.07, 6.45) is 8.23. The molecule has 0 aromatic heterocycles. The summed E-state index contributed by atoms with van der Waals surface area (Å²) < 4.78 is 5.93. The SMILES string of the molecule is CC(C)(C)C(CCN)CCC(=O)C1CCOC2(CCC2)C1.